The molecule has 3 aromatic rings. The Hall–Kier alpha value is -3.40. The van der Waals surface area contributed by atoms with Gasteiger partial charge >= 0.3 is 0 Å². The van der Waals surface area contributed by atoms with E-state index >= 15 is 0 Å². The number of aromatic nitrogens is 3. The molecule has 26 heavy (non-hydrogen) atoms. The molecule has 1 fully saturated rings. The van der Waals surface area contributed by atoms with E-state index < -0.39 is 0 Å². The first-order valence-corrected chi connectivity index (χ1v) is 8.51. The van der Waals surface area contributed by atoms with Crippen molar-refractivity contribution < 1.29 is 4.79 Å². The number of nitriles is 1. The minimum atomic E-state index is -0.156. The molecule has 1 amide bonds. The second kappa shape index (κ2) is 6.48. The maximum absolute atomic E-state index is 12.6. The summed E-state index contributed by atoms with van der Waals surface area (Å²) in [6.07, 6.45) is 6.27. The van der Waals surface area contributed by atoms with E-state index in [1.807, 2.05) is 37.3 Å². The van der Waals surface area contributed by atoms with Crippen molar-refractivity contribution in [1.82, 2.24) is 19.5 Å². The van der Waals surface area contributed by atoms with Gasteiger partial charge < -0.3 is 10.2 Å². The highest BCUT2D eigenvalue weighted by Crippen LogP contribution is 2.26. The van der Waals surface area contributed by atoms with Gasteiger partial charge in [-0.3, -0.25) is 4.79 Å². The minimum absolute atomic E-state index is 0.0398. The smallest absolute Gasteiger partial charge is 0.229 e. The van der Waals surface area contributed by atoms with Crippen LogP contribution in [-0.4, -0.2) is 38.5 Å². The van der Waals surface area contributed by atoms with Crippen LogP contribution in [0, 0.1) is 24.3 Å². The highest BCUT2D eigenvalue weighted by atomic mass is 16.1. The molecule has 1 aliphatic rings. The van der Waals surface area contributed by atoms with E-state index in [4.69, 9.17) is 5.26 Å². The average Bonchev–Trinajstić information content (AvgIpc) is 3.32. The Labute approximate surface area is 150 Å². The molecular formula is C19H18N6O. The Morgan fingerprint density at radius 3 is 3.00 bits per heavy atom. The highest BCUT2D eigenvalue weighted by Gasteiger charge is 2.28. The zero-order chi connectivity index (χ0) is 18.1. The van der Waals surface area contributed by atoms with Gasteiger partial charge in [-0.1, -0.05) is 12.1 Å². The molecule has 1 atom stereocenters. The van der Waals surface area contributed by atoms with Crippen LogP contribution >= 0.6 is 0 Å². The molecule has 4 rings (SSSR count). The van der Waals surface area contributed by atoms with E-state index in [1.165, 1.54) is 0 Å². The number of rotatable bonds is 3. The van der Waals surface area contributed by atoms with Crippen LogP contribution in [0.3, 0.4) is 0 Å². The van der Waals surface area contributed by atoms with Crippen LogP contribution < -0.4 is 5.32 Å². The maximum atomic E-state index is 12.6. The van der Waals surface area contributed by atoms with Gasteiger partial charge in [-0.15, -0.1) is 0 Å². The van der Waals surface area contributed by atoms with Crippen molar-refractivity contribution in [2.45, 2.75) is 13.3 Å². The van der Waals surface area contributed by atoms with Gasteiger partial charge in [0.05, 0.1) is 17.8 Å². The van der Waals surface area contributed by atoms with Crippen LogP contribution in [0.2, 0.25) is 0 Å². The number of benzene rings is 1. The fourth-order valence-electron chi connectivity index (χ4n) is 3.27. The number of nitrogens with zero attached hydrogens (tertiary/aromatic N) is 5. The number of aryl methyl sites for hydroxylation is 1. The third kappa shape index (κ3) is 2.86. The molecular weight excluding hydrogens is 328 g/mol. The Morgan fingerprint density at radius 2 is 2.19 bits per heavy atom. The summed E-state index contributed by atoms with van der Waals surface area (Å²) in [5.41, 5.74) is 4.40. The van der Waals surface area contributed by atoms with Crippen molar-refractivity contribution in [3.05, 3.63) is 48.3 Å². The lowest BCUT2D eigenvalue weighted by atomic mass is 10.0. The fourth-order valence-corrected chi connectivity index (χ4v) is 3.27. The topological polar surface area (TPSA) is 86.3 Å². The van der Waals surface area contributed by atoms with Crippen molar-refractivity contribution in [2.24, 2.45) is 5.92 Å². The van der Waals surface area contributed by atoms with Gasteiger partial charge in [-0.25, -0.2) is 9.50 Å². The van der Waals surface area contributed by atoms with Crippen molar-refractivity contribution in [3.8, 4) is 17.5 Å². The molecule has 0 unspecified atom stereocenters. The van der Waals surface area contributed by atoms with Crippen LogP contribution in [0.5, 0.6) is 0 Å². The van der Waals surface area contributed by atoms with Gasteiger partial charge in [-0.2, -0.15) is 10.4 Å². The fraction of sp³-hybridized carbons (Fsp3) is 0.263. The third-order valence-electron chi connectivity index (χ3n) is 4.78. The monoisotopic (exact) mass is 346 g/mol. The number of carbonyl (C=O) groups excluding carboxylic acids is 1. The third-order valence-corrected chi connectivity index (χ3v) is 4.78. The van der Waals surface area contributed by atoms with Crippen LogP contribution in [-0.2, 0) is 4.79 Å². The van der Waals surface area contributed by atoms with E-state index in [-0.39, 0.29) is 11.8 Å². The van der Waals surface area contributed by atoms with Crippen molar-refractivity contribution in [2.75, 3.05) is 18.4 Å². The number of hydrogen-bond donors (Lipinski definition) is 1. The molecule has 0 aliphatic carbocycles. The second-order valence-corrected chi connectivity index (χ2v) is 6.48. The lowest BCUT2D eigenvalue weighted by molar-refractivity contribution is -0.119. The van der Waals surface area contributed by atoms with Crippen molar-refractivity contribution >= 4 is 17.2 Å². The Balaban J connectivity index is 1.62. The standard InChI is InChI=1S/C19H18N6O/c1-13-2-3-14(17-4-7-21-18-5-8-22-25(17)18)10-16(13)23-19(26)15-6-9-24(11-15)12-20/h2-5,7-8,10,15H,6,9,11H2,1H3,(H,23,26)/t15-/m0/s1. The first kappa shape index (κ1) is 16.1. The Morgan fingerprint density at radius 1 is 1.31 bits per heavy atom. The summed E-state index contributed by atoms with van der Waals surface area (Å²) in [5.74, 6) is -0.196. The molecule has 0 radical (unpaired) electrons. The first-order chi connectivity index (χ1) is 12.7. The molecule has 0 bridgehead atoms. The van der Waals surface area contributed by atoms with Crippen LogP contribution in [0.1, 0.15) is 12.0 Å². The summed E-state index contributed by atoms with van der Waals surface area (Å²) >= 11 is 0. The van der Waals surface area contributed by atoms with Crippen LogP contribution in [0.4, 0.5) is 5.69 Å². The number of fused-ring (bicyclic) bond motifs is 1. The van der Waals surface area contributed by atoms with Gasteiger partial charge in [-0.05, 0) is 31.0 Å². The summed E-state index contributed by atoms with van der Waals surface area (Å²) in [7, 11) is 0. The predicted octanol–water partition coefficient (Wildman–Crippen LogP) is 2.45. The van der Waals surface area contributed by atoms with Gasteiger partial charge in [0.15, 0.2) is 11.8 Å². The quantitative estimate of drug-likeness (QED) is 0.736. The molecule has 1 aliphatic heterocycles. The molecule has 1 saturated heterocycles. The van der Waals surface area contributed by atoms with Gasteiger partial charge in [0.25, 0.3) is 0 Å². The summed E-state index contributed by atoms with van der Waals surface area (Å²) in [6, 6.07) is 9.70. The molecule has 1 N–H and O–H groups in total. The minimum Gasteiger partial charge on any atom is -0.326 e. The number of hydrogen-bond acceptors (Lipinski definition) is 5. The van der Waals surface area contributed by atoms with Gasteiger partial charge in [0.2, 0.25) is 5.91 Å². The van der Waals surface area contributed by atoms with Gasteiger partial charge in [0, 0.05) is 36.6 Å². The SMILES string of the molecule is Cc1ccc(-c2ccnc3ccnn23)cc1NC(=O)[C@H]1CCN(C#N)C1. The Kier molecular flexibility index (Phi) is 4.01. The van der Waals surface area contributed by atoms with E-state index in [0.29, 0.717) is 19.5 Å². The zero-order valence-corrected chi connectivity index (χ0v) is 14.4. The van der Waals surface area contributed by atoms with Crippen molar-refractivity contribution in [1.29, 1.82) is 5.26 Å². The van der Waals surface area contributed by atoms with E-state index in [2.05, 4.69) is 21.6 Å². The van der Waals surface area contributed by atoms with Crippen LogP contribution in [0.25, 0.3) is 16.9 Å². The second-order valence-electron chi connectivity index (χ2n) is 6.48. The summed E-state index contributed by atoms with van der Waals surface area (Å²) < 4.78 is 1.78. The van der Waals surface area contributed by atoms with Crippen molar-refractivity contribution in [3.63, 3.8) is 0 Å². The molecule has 0 spiro atoms. The molecule has 7 nitrogen and oxygen atoms in total. The molecule has 2 aromatic heterocycles. The number of nitrogens with one attached hydrogen (secondary N) is 1. The lowest BCUT2D eigenvalue weighted by Crippen LogP contribution is -2.25. The van der Waals surface area contributed by atoms with Crippen LogP contribution in [0.15, 0.2) is 42.7 Å². The first-order valence-electron chi connectivity index (χ1n) is 8.51. The Bertz CT molecular complexity index is 1020. The lowest BCUT2D eigenvalue weighted by Gasteiger charge is -2.14. The van der Waals surface area contributed by atoms with E-state index in [1.54, 1.807) is 21.8 Å². The predicted molar refractivity (Wildman–Crippen MR) is 97.1 cm³/mol. The normalized spacial score (nSPS) is 16.6. The summed E-state index contributed by atoms with van der Waals surface area (Å²) in [4.78, 5) is 18.5. The zero-order valence-electron chi connectivity index (χ0n) is 14.4. The molecule has 7 heteroatoms. The number of amides is 1. The average molecular weight is 346 g/mol. The van der Waals surface area contributed by atoms with Gasteiger partial charge in [0.1, 0.15) is 0 Å². The van der Waals surface area contributed by atoms with E-state index in [0.717, 1.165) is 28.2 Å². The number of anilines is 1. The largest absolute Gasteiger partial charge is 0.326 e. The highest BCUT2D eigenvalue weighted by molar-refractivity contribution is 5.94. The molecule has 1 aromatic carbocycles. The summed E-state index contributed by atoms with van der Waals surface area (Å²) in [6.45, 7) is 3.09. The molecule has 3 heterocycles. The summed E-state index contributed by atoms with van der Waals surface area (Å²) in [5, 5.41) is 16.3. The van der Waals surface area contributed by atoms with E-state index in [9.17, 15) is 4.79 Å². The number of carbonyl (C=O) groups is 1. The molecule has 130 valence electrons. The molecule has 0 saturated carbocycles. The maximum Gasteiger partial charge on any atom is 0.229 e. The number of likely N-dealkylation sites (tertiary alicyclic amines) is 1.